The molecule has 1 aliphatic rings. The molecule has 0 saturated carbocycles. The fourth-order valence-electron chi connectivity index (χ4n) is 2.30. The Labute approximate surface area is 109 Å². The molecule has 1 aromatic carbocycles. The quantitative estimate of drug-likeness (QED) is 0.830. The lowest BCUT2D eigenvalue weighted by Gasteiger charge is -2.21. The lowest BCUT2D eigenvalue weighted by molar-refractivity contribution is -0.141. The van der Waals surface area contributed by atoms with Crippen LogP contribution in [0.2, 0.25) is 0 Å². The third-order valence-corrected chi connectivity index (χ3v) is 3.11. The highest BCUT2D eigenvalue weighted by atomic mass is 19.1. The summed E-state index contributed by atoms with van der Waals surface area (Å²) in [4.78, 5) is 24.3. The molecule has 102 valence electrons. The van der Waals surface area contributed by atoms with E-state index in [9.17, 15) is 19.1 Å². The number of aliphatic carboxylic acids is 1. The SMILES string of the molecule is Cc1cc(F)cc(C(=O)N2CC(O)CC2C(=O)O)c1. The lowest BCUT2D eigenvalue weighted by atomic mass is 10.1. The van der Waals surface area contributed by atoms with Gasteiger partial charge in [0.2, 0.25) is 0 Å². The number of carbonyl (C=O) groups is 2. The molecule has 6 heteroatoms. The number of likely N-dealkylation sites (tertiary alicyclic amines) is 1. The Morgan fingerprint density at radius 2 is 2.05 bits per heavy atom. The van der Waals surface area contributed by atoms with Crippen molar-refractivity contribution in [1.29, 1.82) is 0 Å². The average Bonchev–Trinajstić information content (AvgIpc) is 2.69. The zero-order valence-corrected chi connectivity index (χ0v) is 10.3. The zero-order valence-electron chi connectivity index (χ0n) is 10.3. The molecule has 1 heterocycles. The second-order valence-electron chi connectivity index (χ2n) is 4.72. The fourth-order valence-corrected chi connectivity index (χ4v) is 2.30. The Bertz CT molecular complexity index is 511. The number of carboxylic acids is 1. The van der Waals surface area contributed by atoms with Crippen LogP contribution in [0.3, 0.4) is 0 Å². The van der Waals surface area contributed by atoms with Gasteiger partial charge in [-0.3, -0.25) is 4.79 Å². The van der Waals surface area contributed by atoms with Crippen molar-refractivity contribution in [1.82, 2.24) is 4.90 Å². The minimum Gasteiger partial charge on any atom is -0.480 e. The molecule has 1 saturated heterocycles. The van der Waals surface area contributed by atoms with E-state index in [4.69, 9.17) is 5.11 Å². The monoisotopic (exact) mass is 267 g/mol. The van der Waals surface area contributed by atoms with E-state index in [1.165, 1.54) is 12.1 Å². The highest BCUT2D eigenvalue weighted by molar-refractivity contribution is 5.97. The van der Waals surface area contributed by atoms with Gasteiger partial charge in [0.25, 0.3) is 5.91 Å². The van der Waals surface area contributed by atoms with Gasteiger partial charge in [-0.1, -0.05) is 0 Å². The Morgan fingerprint density at radius 3 is 2.63 bits per heavy atom. The van der Waals surface area contributed by atoms with Gasteiger partial charge in [0, 0.05) is 18.5 Å². The molecule has 1 aliphatic heterocycles. The number of carboxylic acid groups (broad SMARTS) is 1. The normalized spacial score (nSPS) is 22.6. The smallest absolute Gasteiger partial charge is 0.326 e. The van der Waals surface area contributed by atoms with Crippen LogP contribution in [0.1, 0.15) is 22.3 Å². The molecule has 2 atom stereocenters. The van der Waals surface area contributed by atoms with Crippen molar-refractivity contribution >= 4 is 11.9 Å². The Morgan fingerprint density at radius 1 is 1.37 bits per heavy atom. The van der Waals surface area contributed by atoms with E-state index in [0.29, 0.717) is 5.56 Å². The third-order valence-electron chi connectivity index (χ3n) is 3.11. The molecule has 0 aromatic heterocycles. The fraction of sp³-hybridized carbons (Fsp3) is 0.385. The number of carbonyl (C=O) groups excluding carboxylic acids is 1. The first-order chi connectivity index (χ1) is 8.88. The van der Waals surface area contributed by atoms with Crippen LogP contribution in [0, 0.1) is 12.7 Å². The summed E-state index contributed by atoms with van der Waals surface area (Å²) in [7, 11) is 0. The van der Waals surface area contributed by atoms with Crippen molar-refractivity contribution in [3.63, 3.8) is 0 Å². The summed E-state index contributed by atoms with van der Waals surface area (Å²) in [6.45, 7) is 1.60. The molecule has 1 fully saturated rings. The number of amides is 1. The molecule has 2 rings (SSSR count). The van der Waals surface area contributed by atoms with E-state index >= 15 is 0 Å². The highest BCUT2D eigenvalue weighted by Crippen LogP contribution is 2.21. The number of β-amino-alcohol motifs (C(OH)–C–C–N with tert-alkyl or cyclic N) is 1. The molecule has 0 radical (unpaired) electrons. The molecule has 2 N–H and O–H groups in total. The number of benzene rings is 1. The van der Waals surface area contributed by atoms with Gasteiger partial charge < -0.3 is 15.1 Å². The Kier molecular flexibility index (Phi) is 3.53. The first kappa shape index (κ1) is 13.5. The summed E-state index contributed by atoms with van der Waals surface area (Å²) >= 11 is 0. The standard InChI is InChI=1S/C13H14FNO4/c1-7-2-8(4-9(14)3-7)12(17)15-6-10(16)5-11(15)13(18)19/h2-4,10-11,16H,5-6H2,1H3,(H,18,19). The number of rotatable bonds is 2. The van der Waals surface area contributed by atoms with Gasteiger partial charge in [-0.15, -0.1) is 0 Å². The van der Waals surface area contributed by atoms with E-state index in [2.05, 4.69) is 0 Å². The predicted octanol–water partition coefficient (Wildman–Crippen LogP) is 0.794. The minimum atomic E-state index is -1.17. The number of aryl methyl sites for hydroxylation is 1. The zero-order chi connectivity index (χ0) is 14.2. The summed E-state index contributed by atoms with van der Waals surface area (Å²) < 4.78 is 13.3. The highest BCUT2D eigenvalue weighted by Gasteiger charge is 2.39. The molecular formula is C13H14FNO4. The molecule has 19 heavy (non-hydrogen) atoms. The van der Waals surface area contributed by atoms with Gasteiger partial charge in [-0.25, -0.2) is 9.18 Å². The van der Waals surface area contributed by atoms with Crippen LogP contribution in [0.25, 0.3) is 0 Å². The van der Waals surface area contributed by atoms with Crippen LogP contribution in [-0.4, -0.2) is 45.7 Å². The van der Waals surface area contributed by atoms with Crippen molar-refractivity contribution in [3.05, 3.63) is 35.1 Å². The summed E-state index contributed by atoms with van der Waals surface area (Å²) in [5.41, 5.74) is 0.674. The van der Waals surface area contributed by atoms with Gasteiger partial charge in [0.1, 0.15) is 11.9 Å². The van der Waals surface area contributed by atoms with Crippen LogP contribution in [-0.2, 0) is 4.79 Å². The van der Waals surface area contributed by atoms with E-state index in [1.807, 2.05) is 0 Å². The topological polar surface area (TPSA) is 77.8 Å². The van der Waals surface area contributed by atoms with E-state index in [0.717, 1.165) is 11.0 Å². The van der Waals surface area contributed by atoms with Crippen LogP contribution >= 0.6 is 0 Å². The molecule has 2 unspecified atom stereocenters. The van der Waals surface area contributed by atoms with Crippen molar-refractivity contribution in [2.75, 3.05) is 6.54 Å². The predicted molar refractivity (Wildman–Crippen MR) is 64.2 cm³/mol. The average molecular weight is 267 g/mol. The van der Waals surface area contributed by atoms with Gasteiger partial charge in [-0.05, 0) is 30.7 Å². The largest absolute Gasteiger partial charge is 0.480 e. The second-order valence-corrected chi connectivity index (χ2v) is 4.72. The maximum atomic E-state index is 13.3. The van der Waals surface area contributed by atoms with Crippen molar-refractivity contribution < 1.29 is 24.2 Å². The third kappa shape index (κ3) is 2.73. The molecule has 0 bridgehead atoms. The van der Waals surface area contributed by atoms with Gasteiger partial charge in [0.15, 0.2) is 0 Å². The molecule has 1 aromatic rings. The molecule has 1 amide bonds. The Balaban J connectivity index is 2.30. The minimum absolute atomic E-state index is 0.00459. The first-order valence-corrected chi connectivity index (χ1v) is 5.87. The van der Waals surface area contributed by atoms with Crippen LogP contribution in [0.4, 0.5) is 4.39 Å². The maximum Gasteiger partial charge on any atom is 0.326 e. The summed E-state index contributed by atoms with van der Waals surface area (Å²) in [5.74, 6) is -2.29. The number of aliphatic hydroxyl groups excluding tert-OH is 1. The second kappa shape index (κ2) is 4.97. The van der Waals surface area contributed by atoms with E-state index < -0.39 is 29.8 Å². The van der Waals surface area contributed by atoms with E-state index in [-0.39, 0.29) is 18.5 Å². The van der Waals surface area contributed by atoms with Gasteiger partial charge >= 0.3 is 5.97 Å². The lowest BCUT2D eigenvalue weighted by Crippen LogP contribution is -2.40. The maximum absolute atomic E-state index is 13.3. The van der Waals surface area contributed by atoms with Crippen LogP contribution in [0.15, 0.2) is 18.2 Å². The Hall–Kier alpha value is -1.95. The number of nitrogens with zero attached hydrogens (tertiary/aromatic N) is 1. The number of hydrogen-bond donors (Lipinski definition) is 2. The first-order valence-electron chi connectivity index (χ1n) is 5.87. The van der Waals surface area contributed by atoms with Gasteiger partial charge in [0.05, 0.1) is 6.10 Å². The molecule has 0 aliphatic carbocycles. The van der Waals surface area contributed by atoms with Crippen molar-refractivity contribution in [2.24, 2.45) is 0 Å². The molecular weight excluding hydrogens is 253 g/mol. The van der Waals surface area contributed by atoms with Crippen LogP contribution < -0.4 is 0 Å². The van der Waals surface area contributed by atoms with Crippen LogP contribution in [0.5, 0.6) is 0 Å². The van der Waals surface area contributed by atoms with Gasteiger partial charge in [-0.2, -0.15) is 0 Å². The summed E-state index contributed by atoms with van der Waals surface area (Å²) in [6, 6.07) is 2.78. The van der Waals surface area contributed by atoms with Crippen molar-refractivity contribution in [2.45, 2.75) is 25.5 Å². The number of halogens is 1. The number of aliphatic hydroxyl groups is 1. The van der Waals surface area contributed by atoms with Crippen molar-refractivity contribution in [3.8, 4) is 0 Å². The molecule has 0 spiro atoms. The summed E-state index contributed by atoms with van der Waals surface area (Å²) in [6.07, 6.45) is -0.866. The number of hydrogen-bond acceptors (Lipinski definition) is 3. The van der Waals surface area contributed by atoms with E-state index in [1.54, 1.807) is 6.92 Å². The molecule has 5 nitrogen and oxygen atoms in total. The summed E-state index contributed by atoms with van der Waals surface area (Å²) in [5, 5.41) is 18.5.